The molecule has 140 valence electrons. The Morgan fingerprint density at radius 2 is 1.88 bits per heavy atom. The summed E-state index contributed by atoms with van der Waals surface area (Å²) in [5.41, 5.74) is 1.22. The van der Waals surface area contributed by atoms with E-state index in [4.69, 9.17) is 0 Å². The van der Waals surface area contributed by atoms with Gasteiger partial charge < -0.3 is 15.7 Å². The minimum atomic E-state index is 0. The Balaban J connectivity index is 0.00000529. The number of hydrogen-bond donors (Lipinski definition) is 3. The average Bonchev–Trinajstić information content (AvgIpc) is 2.87. The smallest absolute Gasteiger partial charge is 0.191 e. The Labute approximate surface area is 167 Å². The van der Waals surface area contributed by atoms with Crippen molar-refractivity contribution in [2.75, 3.05) is 19.7 Å². The van der Waals surface area contributed by atoms with Crippen molar-refractivity contribution in [2.24, 2.45) is 10.4 Å². The van der Waals surface area contributed by atoms with Crippen LogP contribution in [0.15, 0.2) is 4.99 Å². The van der Waals surface area contributed by atoms with Gasteiger partial charge in [-0.05, 0) is 45.4 Å². The van der Waals surface area contributed by atoms with Crippen LogP contribution >= 0.6 is 35.3 Å². The maximum absolute atomic E-state index is 9.33. The summed E-state index contributed by atoms with van der Waals surface area (Å²) in [5.74, 6) is 0.822. The zero-order valence-electron chi connectivity index (χ0n) is 15.6. The summed E-state index contributed by atoms with van der Waals surface area (Å²) in [7, 11) is 0. The second-order valence-corrected chi connectivity index (χ2v) is 7.27. The fourth-order valence-corrected chi connectivity index (χ4v) is 3.40. The van der Waals surface area contributed by atoms with Crippen molar-refractivity contribution in [1.82, 2.24) is 15.6 Å². The molecule has 0 atom stereocenters. The van der Waals surface area contributed by atoms with Gasteiger partial charge in [0.2, 0.25) is 0 Å². The first kappa shape index (κ1) is 23.6. The van der Waals surface area contributed by atoms with E-state index in [0.717, 1.165) is 49.0 Å². The number of aliphatic hydroxyl groups is 1. The van der Waals surface area contributed by atoms with Gasteiger partial charge >= 0.3 is 0 Å². The van der Waals surface area contributed by atoms with Gasteiger partial charge in [0.05, 0.1) is 12.2 Å². The van der Waals surface area contributed by atoms with Crippen LogP contribution in [0.4, 0.5) is 0 Å². The van der Waals surface area contributed by atoms with Gasteiger partial charge in [-0.1, -0.05) is 13.8 Å². The highest BCUT2D eigenvalue weighted by Crippen LogP contribution is 2.29. The Morgan fingerprint density at radius 1 is 1.21 bits per heavy atom. The molecule has 0 saturated carbocycles. The van der Waals surface area contributed by atoms with Crippen LogP contribution in [0, 0.1) is 19.3 Å². The molecule has 0 spiro atoms. The Hall–Kier alpha value is -0.410. The van der Waals surface area contributed by atoms with Crippen molar-refractivity contribution in [2.45, 2.75) is 60.4 Å². The third-order valence-electron chi connectivity index (χ3n) is 4.56. The molecule has 7 heteroatoms. The number of aliphatic imine (C=N–C) groups is 1. The zero-order valence-corrected chi connectivity index (χ0v) is 18.8. The van der Waals surface area contributed by atoms with Gasteiger partial charge in [0.25, 0.3) is 0 Å². The van der Waals surface area contributed by atoms with Gasteiger partial charge in [-0.15, -0.1) is 35.3 Å². The highest BCUT2D eigenvalue weighted by Gasteiger charge is 2.25. The van der Waals surface area contributed by atoms with E-state index in [2.05, 4.69) is 48.3 Å². The number of aryl methyl sites for hydroxylation is 2. The second-order valence-electron chi connectivity index (χ2n) is 5.98. The molecule has 0 fully saturated rings. The van der Waals surface area contributed by atoms with E-state index in [1.165, 1.54) is 4.88 Å². The van der Waals surface area contributed by atoms with Crippen LogP contribution in [0.2, 0.25) is 0 Å². The molecule has 1 aromatic rings. The summed E-state index contributed by atoms with van der Waals surface area (Å²) in [6, 6.07) is 0. The molecule has 24 heavy (non-hydrogen) atoms. The maximum Gasteiger partial charge on any atom is 0.191 e. The minimum absolute atomic E-state index is 0. The zero-order chi connectivity index (χ0) is 17.3. The molecule has 0 aliphatic carbocycles. The quantitative estimate of drug-likeness (QED) is 0.294. The first-order valence-corrected chi connectivity index (χ1v) is 9.37. The van der Waals surface area contributed by atoms with E-state index >= 15 is 0 Å². The van der Waals surface area contributed by atoms with E-state index in [0.29, 0.717) is 6.54 Å². The monoisotopic (exact) mass is 468 g/mol. The number of rotatable bonds is 9. The molecule has 0 amide bonds. The Morgan fingerprint density at radius 3 is 2.33 bits per heavy atom. The van der Waals surface area contributed by atoms with Crippen molar-refractivity contribution >= 4 is 41.3 Å². The van der Waals surface area contributed by atoms with Gasteiger partial charge in [-0.25, -0.2) is 9.98 Å². The molecule has 0 radical (unpaired) electrons. The first-order valence-electron chi connectivity index (χ1n) is 8.56. The second kappa shape index (κ2) is 12.0. The van der Waals surface area contributed by atoms with Crippen LogP contribution < -0.4 is 10.6 Å². The molecule has 0 saturated heterocycles. The van der Waals surface area contributed by atoms with E-state index in [-0.39, 0.29) is 36.0 Å². The summed E-state index contributed by atoms with van der Waals surface area (Å²) in [6.07, 6.45) is 2.90. The van der Waals surface area contributed by atoms with Crippen molar-refractivity contribution in [3.8, 4) is 0 Å². The number of aliphatic hydroxyl groups excluding tert-OH is 1. The van der Waals surface area contributed by atoms with Gasteiger partial charge in [-0.2, -0.15) is 0 Å². The number of guanidine groups is 1. The SMILES string of the molecule is CCNC(=NCc1nc(C)c(C)s1)NCC(CC)(CC)CCO.I. The van der Waals surface area contributed by atoms with Crippen molar-refractivity contribution in [1.29, 1.82) is 0 Å². The largest absolute Gasteiger partial charge is 0.396 e. The van der Waals surface area contributed by atoms with Crippen molar-refractivity contribution in [3.05, 3.63) is 15.6 Å². The summed E-state index contributed by atoms with van der Waals surface area (Å²) < 4.78 is 0. The molecule has 5 nitrogen and oxygen atoms in total. The van der Waals surface area contributed by atoms with Gasteiger partial charge in [0.15, 0.2) is 5.96 Å². The van der Waals surface area contributed by atoms with Crippen molar-refractivity contribution < 1.29 is 5.11 Å². The standard InChI is InChI=1S/C17H32N4OS.HI/c1-6-17(7-2,9-10-22)12-20-16(18-8-3)19-11-15-21-13(4)14(5)23-15;/h22H,6-12H2,1-5H3,(H2,18,19,20);1H. The number of nitrogens with zero attached hydrogens (tertiary/aromatic N) is 2. The lowest BCUT2D eigenvalue weighted by Crippen LogP contribution is -2.43. The maximum atomic E-state index is 9.33. The normalized spacial score (nSPS) is 12.0. The molecule has 0 bridgehead atoms. The molecule has 0 aliphatic rings. The Kier molecular flexibility index (Phi) is 11.8. The number of halogens is 1. The molecule has 1 aromatic heterocycles. The van der Waals surface area contributed by atoms with Crippen LogP contribution in [0.5, 0.6) is 0 Å². The summed E-state index contributed by atoms with van der Waals surface area (Å²) >= 11 is 1.71. The van der Waals surface area contributed by atoms with Crippen LogP contribution in [-0.4, -0.2) is 35.7 Å². The fraction of sp³-hybridized carbons (Fsp3) is 0.765. The summed E-state index contributed by atoms with van der Waals surface area (Å²) in [6.45, 7) is 13.0. The number of nitrogens with one attached hydrogen (secondary N) is 2. The molecule has 3 N–H and O–H groups in total. The van der Waals surface area contributed by atoms with Crippen LogP contribution in [0.25, 0.3) is 0 Å². The highest BCUT2D eigenvalue weighted by atomic mass is 127. The van der Waals surface area contributed by atoms with Gasteiger partial charge in [0.1, 0.15) is 5.01 Å². The van der Waals surface area contributed by atoms with Crippen molar-refractivity contribution in [3.63, 3.8) is 0 Å². The van der Waals surface area contributed by atoms with E-state index in [1.54, 1.807) is 11.3 Å². The van der Waals surface area contributed by atoms with Crippen LogP contribution in [-0.2, 0) is 6.54 Å². The first-order chi connectivity index (χ1) is 11.0. The van der Waals surface area contributed by atoms with Gasteiger partial charge in [-0.3, -0.25) is 0 Å². The molecule has 1 rings (SSSR count). The predicted octanol–water partition coefficient (Wildman–Crippen LogP) is 3.62. The lowest BCUT2D eigenvalue weighted by atomic mass is 9.79. The number of aromatic nitrogens is 1. The van der Waals surface area contributed by atoms with Gasteiger partial charge in [0, 0.05) is 24.6 Å². The lowest BCUT2D eigenvalue weighted by molar-refractivity contribution is 0.169. The molecular formula is C17H33IN4OS. The third-order valence-corrected chi connectivity index (χ3v) is 5.62. The molecule has 0 aromatic carbocycles. The molecular weight excluding hydrogens is 435 g/mol. The third kappa shape index (κ3) is 7.23. The Bertz CT molecular complexity index is 481. The van der Waals surface area contributed by atoms with E-state index in [9.17, 15) is 5.11 Å². The summed E-state index contributed by atoms with van der Waals surface area (Å²) in [4.78, 5) is 10.4. The minimum Gasteiger partial charge on any atom is -0.396 e. The number of hydrogen-bond acceptors (Lipinski definition) is 4. The van der Waals surface area contributed by atoms with E-state index < -0.39 is 0 Å². The highest BCUT2D eigenvalue weighted by molar-refractivity contribution is 14.0. The van der Waals surface area contributed by atoms with Crippen LogP contribution in [0.1, 0.15) is 55.6 Å². The van der Waals surface area contributed by atoms with E-state index in [1.807, 2.05) is 6.92 Å². The average molecular weight is 468 g/mol. The van der Waals surface area contributed by atoms with Crippen LogP contribution in [0.3, 0.4) is 0 Å². The fourth-order valence-electron chi connectivity index (χ4n) is 2.55. The summed E-state index contributed by atoms with van der Waals surface area (Å²) in [5, 5.41) is 17.1. The molecule has 1 heterocycles. The predicted molar refractivity (Wildman–Crippen MR) is 115 cm³/mol. The topological polar surface area (TPSA) is 69.5 Å². The lowest BCUT2D eigenvalue weighted by Gasteiger charge is -2.32. The molecule has 0 aliphatic heterocycles. The molecule has 0 unspecified atom stereocenters. The number of thiazole rings is 1.